The first-order valence-electron chi connectivity index (χ1n) is 19.9. The van der Waals surface area contributed by atoms with Gasteiger partial charge >= 0.3 is 0 Å². The molecular weight excluding hydrogens is 773 g/mol. The number of H-pyrrole nitrogens is 1. The minimum atomic E-state index is -1.28. The molecule has 0 aliphatic heterocycles. The van der Waals surface area contributed by atoms with Gasteiger partial charge in [0.25, 0.3) is 0 Å². The molecular formula is C41H58N12O7. The maximum atomic E-state index is 14.2. The number of carbonyl (C=O) groups is 7. The molecule has 0 aliphatic rings. The van der Waals surface area contributed by atoms with Gasteiger partial charge in [0.2, 0.25) is 41.4 Å². The SMILES string of the molecule is CCCC[C@H](NC(C)=O)C(=O)N[C@@H](C)C(=O)N[C@@H](Cc1cnc[nH]1)C(=O)N[C@H](Cc1ccccc1)C(=O)N[C@@H](CCCN=C(N)N)C(=O)N[C@@H](Cc1ccccc1)C(N)=O. The van der Waals surface area contributed by atoms with Crippen LogP contribution in [0.5, 0.6) is 0 Å². The van der Waals surface area contributed by atoms with Crippen LogP contribution >= 0.6 is 0 Å². The Morgan fingerprint density at radius 3 is 1.65 bits per heavy atom. The normalized spacial score (nSPS) is 13.8. The molecule has 13 N–H and O–H groups in total. The molecule has 60 heavy (non-hydrogen) atoms. The summed E-state index contributed by atoms with van der Waals surface area (Å²) in [5, 5.41) is 16.0. The Kier molecular flexibility index (Phi) is 19.7. The number of nitrogens with one attached hydrogen (secondary N) is 7. The van der Waals surface area contributed by atoms with Crippen LogP contribution in [0.4, 0.5) is 0 Å². The van der Waals surface area contributed by atoms with Crippen molar-refractivity contribution in [3.8, 4) is 0 Å². The highest BCUT2D eigenvalue weighted by Gasteiger charge is 2.33. The highest BCUT2D eigenvalue weighted by molar-refractivity contribution is 5.97. The second kappa shape index (κ2) is 24.9. The molecule has 19 nitrogen and oxygen atoms in total. The van der Waals surface area contributed by atoms with Crippen molar-refractivity contribution in [2.75, 3.05) is 6.54 Å². The van der Waals surface area contributed by atoms with Crippen molar-refractivity contribution in [2.24, 2.45) is 22.2 Å². The van der Waals surface area contributed by atoms with Crippen LogP contribution in [0.1, 0.15) is 69.7 Å². The lowest BCUT2D eigenvalue weighted by atomic mass is 10.0. The van der Waals surface area contributed by atoms with E-state index in [1.165, 1.54) is 26.4 Å². The van der Waals surface area contributed by atoms with E-state index in [1.807, 2.05) is 13.0 Å². The topological polar surface area (TPSA) is 311 Å². The average Bonchev–Trinajstić information content (AvgIpc) is 3.73. The third-order valence-electron chi connectivity index (χ3n) is 9.34. The predicted molar refractivity (Wildman–Crippen MR) is 224 cm³/mol. The number of primary amides is 1. The molecule has 3 rings (SSSR count). The molecule has 1 aromatic heterocycles. The number of guanidine groups is 1. The van der Waals surface area contributed by atoms with Gasteiger partial charge in [0.05, 0.1) is 6.33 Å². The lowest BCUT2D eigenvalue weighted by Crippen LogP contribution is -2.60. The molecule has 0 spiro atoms. The number of hydrogen-bond acceptors (Lipinski definition) is 9. The van der Waals surface area contributed by atoms with Gasteiger partial charge in [0.15, 0.2) is 5.96 Å². The molecule has 2 aromatic carbocycles. The van der Waals surface area contributed by atoms with E-state index in [9.17, 15) is 33.6 Å². The maximum absolute atomic E-state index is 14.2. The van der Waals surface area contributed by atoms with Crippen molar-refractivity contribution in [2.45, 2.75) is 108 Å². The number of aromatic nitrogens is 2. The number of hydrogen-bond donors (Lipinski definition) is 10. The van der Waals surface area contributed by atoms with Crippen LogP contribution in [0.25, 0.3) is 0 Å². The number of amides is 7. The second-order valence-corrected chi connectivity index (χ2v) is 14.4. The number of imidazole rings is 1. The number of carbonyl (C=O) groups excluding carboxylic acids is 7. The molecule has 0 saturated heterocycles. The predicted octanol–water partition coefficient (Wildman–Crippen LogP) is -0.885. The number of rotatable bonds is 25. The minimum Gasteiger partial charge on any atom is -0.370 e. The van der Waals surface area contributed by atoms with Crippen molar-refractivity contribution < 1.29 is 33.6 Å². The summed E-state index contributed by atoms with van der Waals surface area (Å²) in [7, 11) is 0. The standard InChI is InChI=1S/C41H58N12O7/c1-4-5-17-30(49-26(3)54)37(57)48-25(2)36(56)52-34(22-29-23-45-24-47-29)40(60)53-33(21-28-15-10-7-11-16-28)39(59)50-31(18-12-19-46-41(43)44)38(58)51-32(35(42)55)20-27-13-8-6-9-14-27/h6-11,13-16,23-25,30-34H,4-5,12,17-22H2,1-3H3,(H2,42,55)(H,45,47)(H,48,57)(H,49,54)(H,50,59)(H,51,58)(H,52,56)(H,53,60)(H4,43,44,46)/t25-,30-,31-,32-,33+,34-/m0/s1. The Morgan fingerprint density at radius 2 is 1.12 bits per heavy atom. The van der Waals surface area contributed by atoms with E-state index in [2.05, 4.69) is 46.9 Å². The molecule has 0 fully saturated rings. The van der Waals surface area contributed by atoms with E-state index in [0.29, 0.717) is 24.1 Å². The summed E-state index contributed by atoms with van der Waals surface area (Å²) in [6, 6.07) is 10.9. The molecule has 0 radical (unpaired) electrons. The summed E-state index contributed by atoms with van der Waals surface area (Å²) in [6.45, 7) is 4.81. The Hall–Kier alpha value is -6.79. The smallest absolute Gasteiger partial charge is 0.243 e. The molecule has 7 amide bonds. The minimum absolute atomic E-state index is 0.0157. The van der Waals surface area contributed by atoms with Gasteiger partial charge in [-0.1, -0.05) is 80.4 Å². The molecule has 0 aliphatic carbocycles. The Balaban J connectivity index is 1.87. The first kappa shape index (κ1) is 47.6. The van der Waals surface area contributed by atoms with E-state index >= 15 is 0 Å². The van der Waals surface area contributed by atoms with Gasteiger partial charge in [-0.15, -0.1) is 0 Å². The number of aromatic amines is 1. The summed E-state index contributed by atoms with van der Waals surface area (Å²) < 4.78 is 0. The van der Waals surface area contributed by atoms with Gasteiger partial charge in [-0.3, -0.25) is 38.6 Å². The van der Waals surface area contributed by atoms with E-state index in [1.54, 1.807) is 54.6 Å². The van der Waals surface area contributed by atoms with Crippen molar-refractivity contribution in [1.29, 1.82) is 0 Å². The summed E-state index contributed by atoms with van der Waals surface area (Å²) in [5.74, 6) is -4.80. The lowest BCUT2D eigenvalue weighted by molar-refractivity contribution is -0.135. The third-order valence-corrected chi connectivity index (χ3v) is 9.34. The highest BCUT2D eigenvalue weighted by atomic mass is 16.2. The molecule has 324 valence electrons. The maximum Gasteiger partial charge on any atom is 0.243 e. The Morgan fingerprint density at radius 1 is 0.633 bits per heavy atom. The molecule has 1 heterocycles. The van der Waals surface area contributed by atoms with Crippen LogP contribution in [0.2, 0.25) is 0 Å². The fourth-order valence-corrected chi connectivity index (χ4v) is 6.15. The molecule has 6 atom stereocenters. The Labute approximate surface area is 349 Å². The van der Waals surface area contributed by atoms with Gasteiger partial charge in [-0.2, -0.15) is 0 Å². The van der Waals surface area contributed by atoms with Gasteiger partial charge < -0.3 is 54.1 Å². The van der Waals surface area contributed by atoms with Gasteiger partial charge in [0.1, 0.15) is 36.3 Å². The molecule has 0 saturated carbocycles. The van der Waals surface area contributed by atoms with E-state index in [-0.39, 0.29) is 44.6 Å². The first-order valence-corrected chi connectivity index (χ1v) is 19.9. The van der Waals surface area contributed by atoms with E-state index in [0.717, 1.165) is 12.0 Å². The van der Waals surface area contributed by atoms with Crippen LogP contribution in [-0.2, 0) is 52.8 Å². The monoisotopic (exact) mass is 830 g/mol. The number of aliphatic imine (C=N–C) groups is 1. The average molecular weight is 831 g/mol. The van der Waals surface area contributed by atoms with Crippen LogP contribution in [0.3, 0.4) is 0 Å². The van der Waals surface area contributed by atoms with Crippen LogP contribution in [-0.4, -0.2) is 100 Å². The van der Waals surface area contributed by atoms with Crippen molar-refractivity contribution in [3.05, 3.63) is 90.0 Å². The number of nitrogens with zero attached hydrogens (tertiary/aromatic N) is 2. The molecule has 3 aromatic rings. The van der Waals surface area contributed by atoms with Crippen LogP contribution < -0.4 is 49.1 Å². The quantitative estimate of drug-likeness (QED) is 0.0286. The molecule has 19 heteroatoms. The number of unbranched alkanes of at least 4 members (excludes halogenated alkanes) is 1. The fraction of sp³-hybridized carbons (Fsp3) is 0.439. The third kappa shape index (κ3) is 17.0. The summed E-state index contributed by atoms with van der Waals surface area (Å²) in [6.07, 6.45) is 4.99. The van der Waals surface area contributed by atoms with Crippen LogP contribution in [0.15, 0.2) is 78.2 Å². The second-order valence-electron chi connectivity index (χ2n) is 14.4. The zero-order chi connectivity index (χ0) is 44.0. The molecule has 0 unspecified atom stereocenters. The fourth-order valence-electron chi connectivity index (χ4n) is 6.15. The summed E-state index contributed by atoms with van der Waals surface area (Å²) >= 11 is 0. The highest BCUT2D eigenvalue weighted by Crippen LogP contribution is 2.10. The van der Waals surface area contributed by atoms with Crippen molar-refractivity contribution in [1.82, 2.24) is 41.9 Å². The van der Waals surface area contributed by atoms with Gasteiger partial charge in [0, 0.05) is 44.6 Å². The zero-order valence-electron chi connectivity index (χ0n) is 34.2. The largest absolute Gasteiger partial charge is 0.370 e. The number of nitrogens with two attached hydrogens (primary N) is 3. The van der Waals surface area contributed by atoms with Crippen molar-refractivity contribution >= 4 is 47.3 Å². The van der Waals surface area contributed by atoms with E-state index < -0.39 is 77.6 Å². The number of benzene rings is 2. The summed E-state index contributed by atoms with van der Waals surface area (Å²) in [5.41, 5.74) is 18.5. The van der Waals surface area contributed by atoms with Crippen LogP contribution in [0, 0.1) is 0 Å². The zero-order valence-corrected chi connectivity index (χ0v) is 34.2. The Bertz CT molecular complexity index is 1890. The summed E-state index contributed by atoms with van der Waals surface area (Å²) in [4.78, 5) is 104. The first-order chi connectivity index (χ1) is 28.7. The lowest BCUT2D eigenvalue weighted by Gasteiger charge is -2.27. The van der Waals surface area contributed by atoms with Crippen molar-refractivity contribution in [3.63, 3.8) is 0 Å². The van der Waals surface area contributed by atoms with Gasteiger partial charge in [-0.05, 0) is 37.3 Å². The van der Waals surface area contributed by atoms with Gasteiger partial charge in [-0.25, -0.2) is 4.98 Å². The molecule has 0 bridgehead atoms. The van der Waals surface area contributed by atoms with E-state index in [4.69, 9.17) is 17.2 Å².